The first-order chi connectivity index (χ1) is 6.43. The molecule has 0 bridgehead atoms. The van der Waals surface area contributed by atoms with E-state index in [1.807, 2.05) is 0 Å². The summed E-state index contributed by atoms with van der Waals surface area (Å²) in [7, 11) is 0. The van der Waals surface area contributed by atoms with E-state index in [1.54, 1.807) is 0 Å². The van der Waals surface area contributed by atoms with Crippen LogP contribution in [0.5, 0.6) is 0 Å². The third-order valence-electron chi connectivity index (χ3n) is 1.37. The van der Waals surface area contributed by atoms with Crippen LogP contribution in [0.25, 0.3) is 0 Å². The summed E-state index contributed by atoms with van der Waals surface area (Å²) >= 11 is 0. The minimum Gasteiger partial charge on any atom is -0.480 e. The van der Waals surface area contributed by atoms with Crippen LogP contribution in [0, 0.1) is 0 Å². The number of nitrogens with two attached hydrogens (primary N) is 1. The summed E-state index contributed by atoms with van der Waals surface area (Å²) < 4.78 is 0. The van der Waals surface area contributed by atoms with Crippen molar-refractivity contribution in [3.8, 4) is 0 Å². The highest BCUT2D eigenvalue weighted by molar-refractivity contribution is 5.82. The highest BCUT2D eigenvalue weighted by Crippen LogP contribution is 1.81. The zero-order valence-electron chi connectivity index (χ0n) is 7.74. The number of carboxylic acids is 1. The lowest BCUT2D eigenvalue weighted by Crippen LogP contribution is -2.45. The quantitative estimate of drug-likeness (QED) is 0.440. The third-order valence-corrected chi connectivity index (χ3v) is 1.37. The Morgan fingerprint density at radius 1 is 1.43 bits per heavy atom. The minimum absolute atomic E-state index is 0.0227. The second-order valence-corrected chi connectivity index (χ2v) is 2.68. The number of carboxylic acid groups (broad SMARTS) is 1. The summed E-state index contributed by atoms with van der Waals surface area (Å²) in [5.41, 5.74) is 4.82. The van der Waals surface area contributed by atoms with Gasteiger partial charge >= 0.3 is 12.0 Å². The Balaban J connectivity index is 3.65. The van der Waals surface area contributed by atoms with Gasteiger partial charge in [0.2, 0.25) is 5.91 Å². The maximum absolute atomic E-state index is 10.9. The number of primary amides is 1. The van der Waals surface area contributed by atoms with Crippen molar-refractivity contribution in [2.24, 2.45) is 5.73 Å². The molecule has 0 spiro atoms. The molecule has 5 N–H and O–H groups in total. The Bertz CT molecular complexity index is 241. The van der Waals surface area contributed by atoms with Crippen molar-refractivity contribution in [2.75, 3.05) is 6.54 Å². The fourth-order valence-corrected chi connectivity index (χ4v) is 0.609. The van der Waals surface area contributed by atoms with Gasteiger partial charge in [0.25, 0.3) is 0 Å². The molecule has 1 unspecified atom stereocenters. The molecule has 0 radical (unpaired) electrons. The lowest BCUT2D eigenvalue weighted by atomic mass is 10.3. The van der Waals surface area contributed by atoms with E-state index in [1.165, 1.54) is 6.92 Å². The molecule has 0 aliphatic rings. The van der Waals surface area contributed by atoms with Crippen molar-refractivity contribution in [3.05, 3.63) is 0 Å². The van der Waals surface area contributed by atoms with Crippen LogP contribution >= 0.6 is 0 Å². The van der Waals surface area contributed by atoms with Crippen LogP contribution in [0.1, 0.15) is 13.3 Å². The van der Waals surface area contributed by atoms with Crippen LogP contribution in [0.15, 0.2) is 0 Å². The van der Waals surface area contributed by atoms with Crippen molar-refractivity contribution >= 4 is 17.9 Å². The maximum Gasteiger partial charge on any atom is 0.325 e. The molecule has 0 heterocycles. The molecule has 0 aliphatic carbocycles. The molecule has 1 atom stereocenters. The van der Waals surface area contributed by atoms with E-state index >= 15 is 0 Å². The molecule has 3 amide bonds. The number of rotatable bonds is 5. The summed E-state index contributed by atoms with van der Waals surface area (Å²) in [5.74, 6) is -1.66. The Hall–Kier alpha value is -1.79. The van der Waals surface area contributed by atoms with Crippen LogP contribution < -0.4 is 16.4 Å². The molecule has 0 aromatic rings. The van der Waals surface area contributed by atoms with Gasteiger partial charge in [0, 0.05) is 13.0 Å². The Morgan fingerprint density at radius 3 is 2.43 bits per heavy atom. The predicted octanol–water partition coefficient (Wildman–Crippen LogP) is -1.37. The van der Waals surface area contributed by atoms with Gasteiger partial charge in [-0.15, -0.1) is 0 Å². The van der Waals surface area contributed by atoms with Crippen molar-refractivity contribution in [1.82, 2.24) is 10.6 Å². The van der Waals surface area contributed by atoms with Gasteiger partial charge in [0.1, 0.15) is 6.04 Å². The molecule has 14 heavy (non-hydrogen) atoms. The molecular weight excluding hydrogens is 190 g/mol. The Morgan fingerprint density at radius 2 is 2.00 bits per heavy atom. The van der Waals surface area contributed by atoms with Gasteiger partial charge in [-0.25, -0.2) is 4.79 Å². The van der Waals surface area contributed by atoms with Gasteiger partial charge in [-0.2, -0.15) is 0 Å². The lowest BCUT2D eigenvalue weighted by molar-refractivity contribution is -0.138. The zero-order chi connectivity index (χ0) is 11.1. The topological polar surface area (TPSA) is 122 Å². The first kappa shape index (κ1) is 12.2. The largest absolute Gasteiger partial charge is 0.480 e. The summed E-state index contributed by atoms with van der Waals surface area (Å²) in [6.07, 6.45) is 0.0227. The first-order valence-electron chi connectivity index (χ1n) is 3.99. The number of amides is 3. The predicted molar refractivity (Wildman–Crippen MR) is 47.4 cm³/mol. The Kier molecular flexibility index (Phi) is 5.05. The average molecular weight is 203 g/mol. The lowest BCUT2D eigenvalue weighted by Gasteiger charge is -2.09. The monoisotopic (exact) mass is 203 g/mol. The van der Waals surface area contributed by atoms with Crippen LogP contribution in [-0.4, -0.2) is 35.6 Å². The van der Waals surface area contributed by atoms with E-state index in [0.717, 1.165) is 0 Å². The number of carbonyl (C=O) groups is 3. The van der Waals surface area contributed by atoms with Crippen molar-refractivity contribution in [2.45, 2.75) is 19.4 Å². The summed E-state index contributed by atoms with van der Waals surface area (Å²) in [5, 5.41) is 12.9. The number of urea groups is 1. The molecule has 0 rings (SSSR count). The maximum atomic E-state index is 10.9. The number of carbonyl (C=O) groups excluding carboxylic acids is 2. The van der Waals surface area contributed by atoms with Gasteiger partial charge in [0.05, 0.1) is 0 Å². The van der Waals surface area contributed by atoms with E-state index in [0.29, 0.717) is 0 Å². The molecule has 0 saturated heterocycles. The number of aliphatic carboxylic acids is 1. The summed E-state index contributed by atoms with van der Waals surface area (Å²) in [6.45, 7) is 1.42. The smallest absolute Gasteiger partial charge is 0.325 e. The van der Waals surface area contributed by atoms with Crippen molar-refractivity contribution in [3.63, 3.8) is 0 Å². The highest BCUT2D eigenvalue weighted by atomic mass is 16.4. The van der Waals surface area contributed by atoms with Crippen LogP contribution in [0.3, 0.4) is 0 Å². The van der Waals surface area contributed by atoms with E-state index in [2.05, 4.69) is 10.6 Å². The number of hydrogen-bond acceptors (Lipinski definition) is 3. The molecule has 0 saturated carbocycles. The highest BCUT2D eigenvalue weighted by Gasteiger charge is 2.12. The van der Waals surface area contributed by atoms with Gasteiger partial charge in [-0.3, -0.25) is 9.59 Å². The van der Waals surface area contributed by atoms with E-state index in [9.17, 15) is 14.4 Å². The van der Waals surface area contributed by atoms with Crippen molar-refractivity contribution in [1.29, 1.82) is 0 Å². The van der Waals surface area contributed by atoms with Gasteiger partial charge in [-0.1, -0.05) is 0 Å². The SMILES string of the molecule is CC(NC(=O)NCCC(N)=O)C(=O)O. The summed E-state index contributed by atoms with van der Waals surface area (Å²) in [4.78, 5) is 31.5. The summed E-state index contributed by atoms with van der Waals surface area (Å²) in [6, 6.07) is -1.61. The van der Waals surface area contributed by atoms with E-state index in [-0.39, 0.29) is 13.0 Å². The second kappa shape index (κ2) is 5.79. The van der Waals surface area contributed by atoms with Crippen LogP contribution in [0.4, 0.5) is 4.79 Å². The molecule has 0 aromatic carbocycles. The molecular formula is C7H13N3O4. The first-order valence-corrected chi connectivity index (χ1v) is 3.99. The standard InChI is InChI=1S/C7H13N3O4/c1-4(6(12)13)10-7(14)9-3-2-5(8)11/h4H,2-3H2,1H3,(H2,8,11)(H,12,13)(H2,9,10,14). The fraction of sp³-hybridized carbons (Fsp3) is 0.571. The fourth-order valence-electron chi connectivity index (χ4n) is 0.609. The normalized spacial score (nSPS) is 11.5. The molecule has 0 fully saturated rings. The van der Waals surface area contributed by atoms with Crippen LogP contribution in [-0.2, 0) is 9.59 Å². The molecule has 7 heteroatoms. The second-order valence-electron chi connectivity index (χ2n) is 2.68. The van der Waals surface area contributed by atoms with E-state index in [4.69, 9.17) is 10.8 Å². The molecule has 7 nitrogen and oxygen atoms in total. The van der Waals surface area contributed by atoms with Crippen LogP contribution in [0.2, 0.25) is 0 Å². The average Bonchev–Trinajstić information content (AvgIpc) is 2.02. The molecule has 0 aliphatic heterocycles. The minimum atomic E-state index is -1.13. The van der Waals surface area contributed by atoms with Crippen molar-refractivity contribution < 1.29 is 19.5 Å². The van der Waals surface area contributed by atoms with Gasteiger partial charge in [0.15, 0.2) is 0 Å². The van der Waals surface area contributed by atoms with E-state index < -0.39 is 23.9 Å². The number of hydrogen-bond donors (Lipinski definition) is 4. The third kappa shape index (κ3) is 5.81. The Labute approximate surface area is 80.6 Å². The van der Waals surface area contributed by atoms with Gasteiger partial charge < -0.3 is 21.5 Å². The molecule has 80 valence electrons. The molecule has 0 aromatic heterocycles. The number of nitrogens with one attached hydrogen (secondary N) is 2. The van der Waals surface area contributed by atoms with Gasteiger partial charge in [-0.05, 0) is 6.92 Å². The zero-order valence-corrected chi connectivity index (χ0v) is 7.74.